The molecule has 2 rings (SSSR count). The van der Waals surface area contributed by atoms with Crippen molar-refractivity contribution in [2.45, 2.75) is 53.5 Å². The summed E-state index contributed by atoms with van der Waals surface area (Å²) in [7, 11) is 0. The first kappa shape index (κ1) is 15.4. The highest BCUT2D eigenvalue weighted by molar-refractivity contribution is 5.37. The molecule has 0 spiro atoms. The summed E-state index contributed by atoms with van der Waals surface area (Å²) in [6.07, 6.45) is 2.53. The largest absolute Gasteiger partial charge is 0.508 e. The van der Waals surface area contributed by atoms with Crippen molar-refractivity contribution in [1.29, 1.82) is 0 Å². The Kier molecular flexibility index (Phi) is 4.43. The number of phenols is 1. The summed E-state index contributed by atoms with van der Waals surface area (Å²) in [5.74, 6) is 1.25. The maximum absolute atomic E-state index is 10.1. The van der Waals surface area contributed by atoms with Crippen molar-refractivity contribution in [3.63, 3.8) is 0 Å². The van der Waals surface area contributed by atoms with E-state index in [0.29, 0.717) is 17.2 Å². The Morgan fingerprint density at radius 3 is 2.35 bits per heavy atom. The molecule has 1 aromatic carbocycles. The van der Waals surface area contributed by atoms with Gasteiger partial charge in [-0.15, -0.1) is 0 Å². The van der Waals surface area contributed by atoms with E-state index in [1.807, 2.05) is 12.1 Å². The molecule has 1 atom stereocenters. The molecule has 1 saturated heterocycles. The molecule has 1 aliphatic heterocycles. The molecule has 0 aromatic heterocycles. The standard InChI is InChI=1S/C18H29NO/c1-13-6-7-17(20)16(12-13)14(2)19-10-8-15(9-11-19)18(3,4)5/h6-7,12,14-15,20H,8-11H2,1-5H3. The van der Waals surface area contributed by atoms with Crippen LogP contribution in [0, 0.1) is 18.3 Å². The highest BCUT2D eigenvalue weighted by Crippen LogP contribution is 2.37. The van der Waals surface area contributed by atoms with Crippen LogP contribution in [0.2, 0.25) is 0 Å². The van der Waals surface area contributed by atoms with E-state index in [2.05, 4.69) is 45.6 Å². The van der Waals surface area contributed by atoms with Crippen LogP contribution in [0.15, 0.2) is 18.2 Å². The minimum atomic E-state index is 0.302. The van der Waals surface area contributed by atoms with Gasteiger partial charge in [0.1, 0.15) is 5.75 Å². The summed E-state index contributed by atoms with van der Waals surface area (Å²) >= 11 is 0. The highest BCUT2D eigenvalue weighted by Gasteiger charge is 2.31. The van der Waals surface area contributed by atoms with Gasteiger partial charge in [-0.25, -0.2) is 0 Å². The average Bonchev–Trinajstić information content (AvgIpc) is 2.40. The number of hydrogen-bond acceptors (Lipinski definition) is 2. The van der Waals surface area contributed by atoms with Gasteiger partial charge in [0.15, 0.2) is 0 Å². The van der Waals surface area contributed by atoms with Crippen LogP contribution in [0.3, 0.4) is 0 Å². The van der Waals surface area contributed by atoms with Gasteiger partial charge in [-0.05, 0) is 57.2 Å². The zero-order valence-electron chi connectivity index (χ0n) is 13.6. The SMILES string of the molecule is Cc1ccc(O)c(C(C)N2CCC(C(C)(C)C)CC2)c1. The first-order valence-electron chi connectivity index (χ1n) is 7.82. The monoisotopic (exact) mass is 275 g/mol. The third kappa shape index (κ3) is 3.35. The molecule has 2 nitrogen and oxygen atoms in total. The van der Waals surface area contributed by atoms with E-state index in [9.17, 15) is 5.11 Å². The van der Waals surface area contributed by atoms with E-state index in [1.54, 1.807) is 0 Å². The fourth-order valence-corrected chi connectivity index (χ4v) is 3.36. The van der Waals surface area contributed by atoms with Gasteiger partial charge in [0.25, 0.3) is 0 Å². The Morgan fingerprint density at radius 1 is 1.20 bits per heavy atom. The lowest BCUT2D eigenvalue weighted by atomic mass is 9.75. The van der Waals surface area contributed by atoms with Crippen molar-refractivity contribution in [3.8, 4) is 5.75 Å². The number of likely N-dealkylation sites (tertiary alicyclic amines) is 1. The first-order chi connectivity index (χ1) is 9.29. The van der Waals surface area contributed by atoms with E-state index in [-0.39, 0.29) is 0 Å². The van der Waals surface area contributed by atoms with E-state index < -0.39 is 0 Å². The smallest absolute Gasteiger partial charge is 0.120 e. The maximum atomic E-state index is 10.1. The van der Waals surface area contributed by atoms with E-state index >= 15 is 0 Å². The number of aromatic hydroxyl groups is 1. The normalized spacial score (nSPS) is 20.1. The van der Waals surface area contributed by atoms with Crippen molar-refractivity contribution >= 4 is 0 Å². The van der Waals surface area contributed by atoms with Gasteiger partial charge in [-0.1, -0.05) is 38.5 Å². The van der Waals surface area contributed by atoms with Gasteiger partial charge in [0.05, 0.1) is 0 Å². The molecule has 0 bridgehead atoms. The predicted octanol–water partition coefficient (Wildman–Crippen LogP) is 4.52. The van der Waals surface area contributed by atoms with Crippen molar-refractivity contribution < 1.29 is 5.11 Å². The third-order valence-corrected chi connectivity index (χ3v) is 4.94. The number of nitrogens with zero attached hydrogens (tertiary/aromatic N) is 1. The zero-order chi connectivity index (χ0) is 14.9. The van der Waals surface area contributed by atoms with Crippen LogP contribution < -0.4 is 0 Å². The summed E-state index contributed by atoms with van der Waals surface area (Å²) in [4.78, 5) is 2.51. The second-order valence-electron chi connectivity index (χ2n) is 7.41. The van der Waals surface area contributed by atoms with Gasteiger partial charge in [0.2, 0.25) is 0 Å². The first-order valence-corrected chi connectivity index (χ1v) is 7.82. The molecule has 0 radical (unpaired) electrons. The molecule has 1 aromatic rings. The van der Waals surface area contributed by atoms with Crippen molar-refractivity contribution in [2.24, 2.45) is 11.3 Å². The number of phenolic OH excluding ortho intramolecular Hbond substituents is 1. The molecule has 1 aliphatic rings. The van der Waals surface area contributed by atoms with Crippen molar-refractivity contribution in [2.75, 3.05) is 13.1 Å². The maximum Gasteiger partial charge on any atom is 0.120 e. The molecule has 1 fully saturated rings. The molecule has 112 valence electrons. The average molecular weight is 275 g/mol. The summed E-state index contributed by atoms with van der Waals surface area (Å²) in [6, 6.07) is 6.21. The molecule has 1 heterocycles. The van der Waals surface area contributed by atoms with Gasteiger partial charge < -0.3 is 5.11 Å². The molecule has 2 heteroatoms. The predicted molar refractivity (Wildman–Crippen MR) is 85.0 cm³/mol. The number of piperidine rings is 1. The molecular formula is C18H29NO. The molecule has 1 unspecified atom stereocenters. The Hall–Kier alpha value is -1.02. The molecule has 0 amide bonds. The van der Waals surface area contributed by atoms with Crippen molar-refractivity contribution in [3.05, 3.63) is 29.3 Å². The van der Waals surface area contributed by atoms with Gasteiger partial charge in [-0.3, -0.25) is 4.90 Å². The minimum absolute atomic E-state index is 0.302. The Balaban J connectivity index is 2.05. The summed E-state index contributed by atoms with van der Waals surface area (Å²) in [6.45, 7) is 13.6. The summed E-state index contributed by atoms with van der Waals surface area (Å²) in [5, 5.41) is 10.1. The van der Waals surface area contributed by atoms with Crippen LogP contribution in [-0.4, -0.2) is 23.1 Å². The summed E-state index contributed by atoms with van der Waals surface area (Å²) < 4.78 is 0. The van der Waals surface area contributed by atoms with E-state index in [4.69, 9.17) is 0 Å². The van der Waals surface area contributed by atoms with Gasteiger partial charge >= 0.3 is 0 Å². The molecule has 20 heavy (non-hydrogen) atoms. The number of rotatable bonds is 2. The second-order valence-corrected chi connectivity index (χ2v) is 7.41. The van der Waals surface area contributed by atoms with E-state index in [1.165, 1.54) is 18.4 Å². The van der Waals surface area contributed by atoms with Crippen LogP contribution in [0.5, 0.6) is 5.75 Å². The lowest BCUT2D eigenvalue weighted by Gasteiger charge is -2.41. The second kappa shape index (κ2) is 5.77. The van der Waals surface area contributed by atoms with Crippen molar-refractivity contribution in [1.82, 2.24) is 4.90 Å². The number of benzene rings is 1. The lowest BCUT2D eigenvalue weighted by molar-refractivity contribution is 0.0870. The molecule has 1 N–H and O–H groups in total. The quantitative estimate of drug-likeness (QED) is 0.857. The third-order valence-electron chi connectivity index (χ3n) is 4.94. The lowest BCUT2D eigenvalue weighted by Crippen LogP contribution is -2.39. The Labute approximate surface area is 123 Å². The van der Waals surface area contributed by atoms with Gasteiger partial charge in [-0.2, -0.15) is 0 Å². The Morgan fingerprint density at radius 2 is 1.80 bits per heavy atom. The van der Waals surface area contributed by atoms with Crippen LogP contribution >= 0.6 is 0 Å². The number of hydrogen-bond donors (Lipinski definition) is 1. The Bertz CT molecular complexity index is 453. The topological polar surface area (TPSA) is 23.5 Å². The number of aryl methyl sites for hydroxylation is 1. The molecule has 0 aliphatic carbocycles. The zero-order valence-corrected chi connectivity index (χ0v) is 13.6. The summed E-state index contributed by atoms with van der Waals surface area (Å²) in [5.41, 5.74) is 2.70. The van der Waals surface area contributed by atoms with Crippen LogP contribution in [0.4, 0.5) is 0 Å². The minimum Gasteiger partial charge on any atom is -0.508 e. The van der Waals surface area contributed by atoms with Crippen LogP contribution in [-0.2, 0) is 0 Å². The van der Waals surface area contributed by atoms with Crippen LogP contribution in [0.25, 0.3) is 0 Å². The van der Waals surface area contributed by atoms with Crippen LogP contribution in [0.1, 0.15) is 57.7 Å². The molecular weight excluding hydrogens is 246 g/mol. The van der Waals surface area contributed by atoms with Gasteiger partial charge in [0, 0.05) is 11.6 Å². The fourth-order valence-electron chi connectivity index (χ4n) is 3.36. The highest BCUT2D eigenvalue weighted by atomic mass is 16.3. The van der Waals surface area contributed by atoms with E-state index in [0.717, 1.165) is 24.6 Å². The molecule has 0 saturated carbocycles. The fraction of sp³-hybridized carbons (Fsp3) is 0.667.